The summed E-state index contributed by atoms with van der Waals surface area (Å²) in [6, 6.07) is 5.05. The molecule has 21 heavy (non-hydrogen) atoms. The van der Waals surface area contributed by atoms with Crippen LogP contribution in [-0.4, -0.2) is 51.3 Å². The molecule has 8 heteroatoms. The number of nitrogens with zero attached hydrogens (tertiary/aromatic N) is 1. The first kappa shape index (κ1) is 15.8. The number of carbonyl (C=O) groups is 1. The molecule has 2 rings (SSSR count). The first-order valence-electron chi connectivity index (χ1n) is 6.42. The third-order valence-corrected chi connectivity index (χ3v) is 4.61. The SMILES string of the molecule is O=C(c1ccccc1S(=O)(=O)C(F)F)N1CCCOCC1. The lowest BCUT2D eigenvalue weighted by Crippen LogP contribution is -2.34. The summed E-state index contributed by atoms with van der Waals surface area (Å²) in [5.41, 5.74) is -0.222. The van der Waals surface area contributed by atoms with E-state index in [2.05, 4.69) is 0 Å². The van der Waals surface area contributed by atoms with Crippen LogP contribution in [0.4, 0.5) is 8.78 Å². The Balaban J connectivity index is 2.38. The van der Waals surface area contributed by atoms with E-state index >= 15 is 0 Å². The van der Waals surface area contributed by atoms with Gasteiger partial charge >= 0.3 is 5.76 Å². The Labute approximate surface area is 121 Å². The second kappa shape index (κ2) is 6.48. The van der Waals surface area contributed by atoms with Crippen molar-refractivity contribution in [2.75, 3.05) is 26.3 Å². The Morgan fingerprint density at radius 3 is 2.62 bits per heavy atom. The maximum atomic E-state index is 12.7. The van der Waals surface area contributed by atoms with E-state index in [4.69, 9.17) is 4.74 Å². The Morgan fingerprint density at radius 1 is 1.19 bits per heavy atom. The largest absolute Gasteiger partial charge is 0.380 e. The molecule has 0 spiro atoms. The Bertz CT molecular complexity index is 610. The van der Waals surface area contributed by atoms with Crippen LogP contribution < -0.4 is 0 Å². The summed E-state index contributed by atoms with van der Waals surface area (Å²) in [6.07, 6.45) is 0.621. The molecule has 0 aliphatic carbocycles. The van der Waals surface area contributed by atoms with Gasteiger partial charge in [0.25, 0.3) is 5.91 Å². The minimum Gasteiger partial charge on any atom is -0.380 e. The summed E-state index contributed by atoms with van der Waals surface area (Å²) in [5, 5.41) is 0. The average Bonchev–Trinajstić information content (AvgIpc) is 2.75. The van der Waals surface area contributed by atoms with Crippen LogP contribution in [0, 0.1) is 0 Å². The van der Waals surface area contributed by atoms with E-state index in [-0.39, 0.29) is 5.56 Å². The van der Waals surface area contributed by atoms with Crippen molar-refractivity contribution in [2.24, 2.45) is 0 Å². The number of amides is 1. The van der Waals surface area contributed by atoms with Gasteiger partial charge in [0.2, 0.25) is 9.84 Å². The fraction of sp³-hybridized carbons (Fsp3) is 0.462. The Morgan fingerprint density at radius 2 is 1.90 bits per heavy atom. The smallest absolute Gasteiger partial charge is 0.341 e. The van der Waals surface area contributed by atoms with Crippen LogP contribution in [0.15, 0.2) is 29.2 Å². The molecule has 116 valence electrons. The average molecular weight is 319 g/mol. The molecule has 0 bridgehead atoms. The minimum atomic E-state index is -4.81. The molecule has 1 fully saturated rings. The van der Waals surface area contributed by atoms with Gasteiger partial charge in [0.05, 0.1) is 17.1 Å². The van der Waals surface area contributed by atoms with E-state index in [1.54, 1.807) is 0 Å². The van der Waals surface area contributed by atoms with Gasteiger partial charge in [-0.15, -0.1) is 0 Å². The van der Waals surface area contributed by atoms with Crippen molar-refractivity contribution in [3.8, 4) is 0 Å². The van der Waals surface area contributed by atoms with E-state index in [0.717, 1.165) is 6.07 Å². The number of halogens is 2. The number of ether oxygens (including phenoxy) is 1. The van der Waals surface area contributed by atoms with Gasteiger partial charge in [-0.2, -0.15) is 8.78 Å². The van der Waals surface area contributed by atoms with Gasteiger partial charge < -0.3 is 9.64 Å². The first-order valence-corrected chi connectivity index (χ1v) is 7.97. The molecular formula is C13H15F2NO4S. The van der Waals surface area contributed by atoms with Gasteiger partial charge in [0.15, 0.2) is 0 Å². The van der Waals surface area contributed by atoms with Crippen LogP contribution in [0.5, 0.6) is 0 Å². The molecule has 0 N–H and O–H groups in total. The predicted octanol–water partition coefficient (Wildman–Crippen LogP) is 1.55. The zero-order chi connectivity index (χ0) is 15.5. The highest BCUT2D eigenvalue weighted by atomic mass is 32.2. The molecule has 1 aromatic carbocycles. The Hall–Kier alpha value is -1.54. The lowest BCUT2D eigenvalue weighted by Gasteiger charge is -2.21. The van der Waals surface area contributed by atoms with E-state index in [1.807, 2.05) is 0 Å². The monoisotopic (exact) mass is 319 g/mol. The lowest BCUT2D eigenvalue weighted by molar-refractivity contribution is 0.0737. The van der Waals surface area contributed by atoms with Crippen molar-refractivity contribution in [1.82, 2.24) is 4.90 Å². The summed E-state index contributed by atoms with van der Waals surface area (Å²) in [7, 11) is -4.81. The van der Waals surface area contributed by atoms with Crippen molar-refractivity contribution in [2.45, 2.75) is 17.1 Å². The minimum absolute atomic E-state index is 0.222. The predicted molar refractivity (Wildman–Crippen MR) is 71.0 cm³/mol. The highest BCUT2D eigenvalue weighted by Gasteiger charge is 2.32. The zero-order valence-corrected chi connectivity index (χ0v) is 12.0. The number of hydrogen-bond donors (Lipinski definition) is 0. The quantitative estimate of drug-likeness (QED) is 0.848. The summed E-state index contributed by atoms with van der Waals surface area (Å²) in [6.45, 7) is 1.57. The molecule has 1 saturated heterocycles. The fourth-order valence-corrected chi connectivity index (χ4v) is 3.03. The molecule has 1 aromatic rings. The van der Waals surface area contributed by atoms with Gasteiger partial charge in [0, 0.05) is 19.7 Å². The fourth-order valence-electron chi connectivity index (χ4n) is 2.11. The zero-order valence-electron chi connectivity index (χ0n) is 11.2. The highest BCUT2D eigenvalue weighted by molar-refractivity contribution is 7.91. The molecule has 0 atom stereocenters. The number of rotatable bonds is 3. The number of hydrogen-bond acceptors (Lipinski definition) is 4. The molecule has 1 aliphatic rings. The van der Waals surface area contributed by atoms with E-state index < -0.39 is 26.4 Å². The third-order valence-electron chi connectivity index (χ3n) is 3.17. The van der Waals surface area contributed by atoms with Crippen molar-refractivity contribution < 1.29 is 26.7 Å². The van der Waals surface area contributed by atoms with Crippen molar-refractivity contribution >= 4 is 15.7 Å². The molecule has 0 aromatic heterocycles. The van der Waals surface area contributed by atoms with Gasteiger partial charge in [-0.25, -0.2) is 8.42 Å². The van der Waals surface area contributed by atoms with Crippen LogP contribution in [0.25, 0.3) is 0 Å². The molecular weight excluding hydrogens is 304 g/mol. The molecule has 1 amide bonds. The molecule has 1 aliphatic heterocycles. The van der Waals surface area contributed by atoms with Gasteiger partial charge in [-0.05, 0) is 18.6 Å². The standard InChI is InChI=1S/C13H15F2NO4S/c14-13(15)21(18,19)11-5-2-1-4-10(11)12(17)16-6-3-8-20-9-7-16/h1-2,4-5,13H,3,6-9H2. The second-order valence-electron chi connectivity index (χ2n) is 4.56. The van der Waals surface area contributed by atoms with Crippen molar-refractivity contribution in [1.29, 1.82) is 0 Å². The molecule has 0 unspecified atom stereocenters. The summed E-state index contributed by atoms with van der Waals surface area (Å²) in [5.74, 6) is -4.13. The summed E-state index contributed by atoms with van der Waals surface area (Å²) < 4.78 is 54.0. The van der Waals surface area contributed by atoms with Crippen molar-refractivity contribution in [3.63, 3.8) is 0 Å². The highest BCUT2D eigenvalue weighted by Crippen LogP contribution is 2.23. The van der Waals surface area contributed by atoms with E-state index in [1.165, 1.54) is 23.1 Å². The van der Waals surface area contributed by atoms with Crippen LogP contribution in [0.3, 0.4) is 0 Å². The normalized spacial score (nSPS) is 16.8. The summed E-state index contributed by atoms with van der Waals surface area (Å²) >= 11 is 0. The molecule has 5 nitrogen and oxygen atoms in total. The summed E-state index contributed by atoms with van der Waals surface area (Å²) in [4.78, 5) is 13.2. The molecule has 1 heterocycles. The van der Waals surface area contributed by atoms with Gasteiger partial charge in [0.1, 0.15) is 0 Å². The van der Waals surface area contributed by atoms with Gasteiger partial charge in [-0.3, -0.25) is 4.79 Å². The van der Waals surface area contributed by atoms with E-state index in [0.29, 0.717) is 32.7 Å². The first-order chi connectivity index (χ1) is 9.94. The Kier molecular flexibility index (Phi) is 4.89. The number of alkyl halides is 2. The lowest BCUT2D eigenvalue weighted by atomic mass is 10.2. The molecule has 0 radical (unpaired) electrons. The maximum absolute atomic E-state index is 12.7. The maximum Gasteiger partial charge on any atom is 0.341 e. The van der Waals surface area contributed by atoms with E-state index in [9.17, 15) is 22.0 Å². The molecule has 0 saturated carbocycles. The van der Waals surface area contributed by atoms with Crippen LogP contribution in [0.2, 0.25) is 0 Å². The number of carbonyl (C=O) groups excluding carboxylic acids is 1. The second-order valence-corrected chi connectivity index (χ2v) is 6.45. The van der Waals surface area contributed by atoms with Crippen molar-refractivity contribution in [3.05, 3.63) is 29.8 Å². The topological polar surface area (TPSA) is 63.7 Å². The van der Waals surface area contributed by atoms with Crippen LogP contribution >= 0.6 is 0 Å². The van der Waals surface area contributed by atoms with Crippen LogP contribution in [0.1, 0.15) is 16.8 Å². The number of benzene rings is 1. The third kappa shape index (κ3) is 3.38. The number of sulfone groups is 1. The van der Waals surface area contributed by atoms with Crippen LogP contribution in [-0.2, 0) is 14.6 Å². The van der Waals surface area contributed by atoms with Gasteiger partial charge in [-0.1, -0.05) is 12.1 Å².